The summed E-state index contributed by atoms with van der Waals surface area (Å²) in [5, 5.41) is 4.92. The molecule has 26 heavy (non-hydrogen) atoms. The third kappa shape index (κ3) is 3.74. The smallest absolute Gasteiger partial charge is 0.322 e. The average molecular weight is 358 g/mol. The summed E-state index contributed by atoms with van der Waals surface area (Å²) in [6, 6.07) is 11.9. The topological polar surface area (TPSA) is 58.2 Å². The average Bonchev–Trinajstić information content (AvgIpc) is 2.63. The zero-order valence-corrected chi connectivity index (χ0v) is 14.2. The molecule has 1 saturated carbocycles. The highest BCUT2D eigenvalue weighted by molar-refractivity contribution is 6.04. The highest BCUT2D eigenvalue weighted by Gasteiger charge is 2.35. The molecule has 2 aromatic rings. The summed E-state index contributed by atoms with van der Waals surface area (Å²) in [4.78, 5) is 24.5. The second-order valence-corrected chi connectivity index (χ2v) is 6.51. The summed E-state index contributed by atoms with van der Waals surface area (Å²) >= 11 is 0. The lowest BCUT2D eigenvalue weighted by molar-refractivity contribution is 0.0951. The maximum Gasteiger partial charge on any atom is 0.322 e. The van der Waals surface area contributed by atoms with Gasteiger partial charge in [-0.3, -0.25) is 10.1 Å². The Bertz CT molecular complexity index is 782. The van der Waals surface area contributed by atoms with Gasteiger partial charge in [0.25, 0.3) is 5.91 Å². The zero-order chi connectivity index (χ0) is 18.6. The number of urea groups is 1. The van der Waals surface area contributed by atoms with Gasteiger partial charge in [0.1, 0.15) is 17.2 Å². The largest absolute Gasteiger partial charge is 0.328 e. The molecule has 0 radical (unpaired) electrons. The minimum atomic E-state index is -1.10. The van der Waals surface area contributed by atoms with Gasteiger partial charge in [0.2, 0.25) is 0 Å². The Balaban J connectivity index is 1.78. The number of hydrogen-bond donors (Lipinski definition) is 2. The molecule has 3 rings (SSSR count). The molecule has 0 aromatic heterocycles. The van der Waals surface area contributed by atoms with E-state index in [4.69, 9.17) is 0 Å². The normalized spacial score (nSPS) is 15.9. The van der Waals surface area contributed by atoms with Crippen LogP contribution in [0.3, 0.4) is 0 Å². The summed E-state index contributed by atoms with van der Waals surface area (Å²) in [5.74, 6) is -3.12. The third-order valence-corrected chi connectivity index (χ3v) is 4.80. The SMILES string of the molecule is O=C(NC(=O)c1c(F)cccc1F)NC1(c2ccccc2)CCCCC1. The van der Waals surface area contributed by atoms with E-state index in [1.165, 1.54) is 0 Å². The highest BCUT2D eigenvalue weighted by atomic mass is 19.1. The molecule has 0 saturated heterocycles. The molecule has 2 aromatic carbocycles. The lowest BCUT2D eigenvalue weighted by atomic mass is 9.76. The third-order valence-electron chi connectivity index (χ3n) is 4.80. The number of imide groups is 1. The predicted octanol–water partition coefficient (Wildman–Crippen LogP) is 4.26. The summed E-state index contributed by atoms with van der Waals surface area (Å²) in [6.07, 6.45) is 4.47. The predicted molar refractivity (Wildman–Crippen MR) is 93.6 cm³/mol. The van der Waals surface area contributed by atoms with E-state index < -0.39 is 34.7 Å². The Labute approximate surface area is 150 Å². The van der Waals surface area contributed by atoms with Gasteiger partial charge in [0.05, 0.1) is 5.54 Å². The van der Waals surface area contributed by atoms with E-state index >= 15 is 0 Å². The number of carbonyl (C=O) groups is 2. The van der Waals surface area contributed by atoms with Gasteiger partial charge in [0, 0.05) is 0 Å². The maximum atomic E-state index is 13.7. The van der Waals surface area contributed by atoms with Crippen LogP contribution < -0.4 is 10.6 Å². The van der Waals surface area contributed by atoms with Gasteiger partial charge in [-0.15, -0.1) is 0 Å². The first-order chi connectivity index (χ1) is 12.5. The molecule has 2 N–H and O–H groups in total. The Morgan fingerprint density at radius 1 is 0.846 bits per heavy atom. The summed E-state index contributed by atoms with van der Waals surface area (Å²) in [7, 11) is 0. The van der Waals surface area contributed by atoms with Crippen LogP contribution in [0.2, 0.25) is 0 Å². The molecule has 0 spiro atoms. The van der Waals surface area contributed by atoms with Crippen LogP contribution in [-0.4, -0.2) is 11.9 Å². The number of carbonyl (C=O) groups excluding carboxylic acids is 2. The molecule has 0 unspecified atom stereocenters. The van der Waals surface area contributed by atoms with E-state index in [0.29, 0.717) is 0 Å². The Kier molecular flexibility index (Phi) is 5.30. The van der Waals surface area contributed by atoms with Crippen molar-refractivity contribution in [2.24, 2.45) is 0 Å². The summed E-state index contributed by atoms with van der Waals surface area (Å²) in [6.45, 7) is 0. The maximum absolute atomic E-state index is 13.7. The molecule has 1 aliphatic rings. The minimum Gasteiger partial charge on any atom is -0.328 e. The second-order valence-electron chi connectivity index (χ2n) is 6.51. The fraction of sp³-hybridized carbons (Fsp3) is 0.300. The molecular formula is C20H20F2N2O2. The molecule has 4 nitrogen and oxygen atoms in total. The molecule has 0 bridgehead atoms. The van der Waals surface area contributed by atoms with Crippen LogP contribution in [0.4, 0.5) is 13.6 Å². The molecule has 1 fully saturated rings. The van der Waals surface area contributed by atoms with Crippen LogP contribution in [0.25, 0.3) is 0 Å². The van der Waals surface area contributed by atoms with Crippen LogP contribution in [0.1, 0.15) is 48.0 Å². The van der Waals surface area contributed by atoms with Crippen molar-refractivity contribution in [1.82, 2.24) is 10.6 Å². The Morgan fingerprint density at radius 3 is 2.08 bits per heavy atom. The van der Waals surface area contributed by atoms with E-state index in [1.54, 1.807) is 0 Å². The first kappa shape index (κ1) is 18.0. The van der Waals surface area contributed by atoms with Crippen molar-refractivity contribution in [3.8, 4) is 0 Å². The van der Waals surface area contributed by atoms with Crippen molar-refractivity contribution in [2.75, 3.05) is 0 Å². The first-order valence-corrected chi connectivity index (χ1v) is 8.65. The number of benzene rings is 2. The molecule has 1 aliphatic carbocycles. The van der Waals surface area contributed by atoms with Crippen LogP contribution in [0.5, 0.6) is 0 Å². The molecule has 136 valence electrons. The molecule has 3 amide bonds. The molecule has 0 heterocycles. The van der Waals surface area contributed by atoms with E-state index in [0.717, 1.165) is 55.9 Å². The number of hydrogen-bond acceptors (Lipinski definition) is 2. The van der Waals surface area contributed by atoms with Crippen LogP contribution in [-0.2, 0) is 5.54 Å². The van der Waals surface area contributed by atoms with Gasteiger partial charge in [0.15, 0.2) is 0 Å². The van der Waals surface area contributed by atoms with Gasteiger partial charge in [-0.05, 0) is 30.5 Å². The van der Waals surface area contributed by atoms with Crippen molar-refractivity contribution < 1.29 is 18.4 Å². The summed E-state index contributed by atoms with van der Waals surface area (Å²) < 4.78 is 27.4. The van der Waals surface area contributed by atoms with E-state index in [-0.39, 0.29) is 0 Å². The first-order valence-electron chi connectivity index (χ1n) is 8.65. The van der Waals surface area contributed by atoms with Gasteiger partial charge in [-0.1, -0.05) is 55.7 Å². The monoisotopic (exact) mass is 358 g/mol. The summed E-state index contributed by atoms with van der Waals surface area (Å²) in [5.41, 5.74) is -0.392. The van der Waals surface area contributed by atoms with Gasteiger partial charge in [-0.25, -0.2) is 13.6 Å². The van der Waals surface area contributed by atoms with Crippen LogP contribution in [0.15, 0.2) is 48.5 Å². The standard InChI is InChI=1S/C20H20F2N2O2/c21-15-10-7-11-16(22)17(15)18(25)23-19(26)24-20(12-5-2-6-13-20)14-8-3-1-4-9-14/h1,3-4,7-11H,2,5-6,12-13H2,(H2,23,24,25,26). The van der Waals surface area contributed by atoms with E-state index in [9.17, 15) is 18.4 Å². The van der Waals surface area contributed by atoms with E-state index in [2.05, 4.69) is 10.6 Å². The fourth-order valence-corrected chi connectivity index (χ4v) is 3.53. The van der Waals surface area contributed by atoms with Crippen LogP contribution >= 0.6 is 0 Å². The number of rotatable bonds is 3. The van der Waals surface area contributed by atoms with Gasteiger partial charge in [-0.2, -0.15) is 0 Å². The Morgan fingerprint density at radius 2 is 1.46 bits per heavy atom. The van der Waals surface area contributed by atoms with E-state index in [1.807, 2.05) is 30.3 Å². The highest BCUT2D eigenvalue weighted by Crippen LogP contribution is 2.37. The number of halogens is 2. The van der Waals surface area contributed by atoms with Crippen molar-refractivity contribution in [1.29, 1.82) is 0 Å². The molecular weight excluding hydrogens is 338 g/mol. The molecule has 6 heteroatoms. The van der Waals surface area contributed by atoms with Crippen molar-refractivity contribution >= 4 is 11.9 Å². The Hall–Kier alpha value is -2.76. The van der Waals surface area contributed by atoms with Crippen LogP contribution in [0, 0.1) is 11.6 Å². The zero-order valence-electron chi connectivity index (χ0n) is 14.2. The van der Waals surface area contributed by atoms with Gasteiger partial charge < -0.3 is 5.32 Å². The lowest BCUT2D eigenvalue weighted by Gasteiger charge is -2.38. The van der Waals surface area contributed by atoms with Crippen molar-refractivity contribution in [3.05, 3.63) is 71.3 Å². The van der Waals surface area contributed by atoms with Crippen molar-refractivity contribution in [2.45, 2.75) is 37.6 Å². The lowest BCUT2D eigenvalue weighted by Crippen LogP contribution is -2.52. The minimum absolute atomic E-state index is 0.586. The second kappa shape index (κ2) is 7.64. The quantitative estimate of drug-likeness (QED) is 0.861. The molecule has 0 atom stereocenters. The molecule has 0 aliphatic heterocycles. The fourth-order valence-electron chi connectivity index (χ4n) is 3.53. The van der Waals surface area contributed by atoms with Crippen molar-refractivity contribution in [3.63, 3.8) is 0 Å². The number of amides is 3. The number of nitrogens with one attached hydrogen (secondary N) is 2. The van der Waals surface area contributed by atoms with Gasteiger partial charge >= 0.3 is 6.03 Å².